The molecule has 17 heavy (non-hydrogen) atoms. The number of halogens is 2. The molecule has 0 radical (unpaired) electrons. The molecule has 1 fully saturated rings. The van der Waals surface area contributed by atoms with Crippen molar-refractivity contribution in [2.75, 3.05) is 0 Å². The van der Waals surface area contributed by atoms with Gasteiger partial charge in [-0.15, -0.1) is 0 Å². The average Bonchev–Trinajstić information content (AvgIpc) is 3.08. The quantitative estimate of drug-likeness (QED) is 0.708. The lowest BCUT2D eigenvalue weighted by molar-refractivity contribution is 0.348. The van der Waals surface area contributed by atoms with Crippen molar-refractivity contribution in [1.82, 2.24) is 0 Å². The summed E-state index contributed by atoms with van der Waals surface area (Å²) in [5, 5.41) is 0. The minimum atomic E-state index is -0.780. The number of ether oxygens (including phenoxy) is 1. The molecule has 3 atom stereocenters. The van der Waals surface area contributed by atoms with Crippen LogP contribution in [0.5, 0.6) is 0 Å². The zero-order chi connectivity index (χ0) is 12.4. The summed E-state index contributed by atoms with van der Waals surface area (Å²) < 4.78 is 31.5. The summed E-state index contributed by atoms with van der Waals surface area (Å²) in [6, 6.07) is 4.20. The number of hydrogen-bond acceptors (Lipinski definition) is 1. The van der Waals surface area contributed by atoms with Crippen LogP contribution in [0.2, 0.25) is 0 Å². The minimum absolute atomic E-state index is 0.256. The van der Waals surface area contributed by atoms with E-state index < -0.39 is 11.6 Å². The molecule has 0 spiro atoms. The third-order valence-corrected chi connectivity index (χ3v) is 3.51. The lowest BCUT2D eigenvalue weighted by Gasteiger charge is -2.14. The van der Waals surface area contributed by atoms with Gasteiger partial charge in [0.15, 0.2) is 11.6 Å². The van der Waals surface area contributed by atoms with Crippen molar-refractivity contribution in [3.63, 3.8) is 0 Å². The highest BCUT2D eigenvalue weighted by molar-refractivity contribution is 5.22. The minimum Gasteiger partial charge on any atom is -0.370 e. The lowest BCUT2D eigenvalue weighted by atomic mass is 9.91. The van der Waals surface area contributed by atoms with Crippen LogP contribution in [-0.2, 0) is 4.74 Å². The first kappa shape index (κ1) is 12.5. The van der Waals surface area contributed by atoms with E-state index in [1.807, 2.05) is 0 Å². The molecule has 1 aromatic rings. The number of benzene rings is 1. The molecule has 1 nitrogen and oxygen atoms in total. The standard InChI is InChI=1S/C14H18F2O/c1-3-9(8-14-13(4-2)17-14)10-5-6-11(15)12(16)7-10/h5-7,9,13-14H,3-4,8H2,1-2H3. The second-order valence-electron chi connectivity index (χ2n) is 4.64. The van der Waals surface area contributed by atoms with Gasteiger partial charge in [-0.3, -0.25) is 0 Å². The van der Waals surface area contributed by atoms with E-state index >= 15 is 0 Å². The van der Waals surface area contributed by atoms with Gasteiger partial charge < -0.3 is 4.74 Å². The van der Waals surface area contributed by atoms with Crippen LogP contribution in [-0.4, -0.2) is 12.2 Å². The second kappa shape index (κ2) is 5.13. The van der Waals surface area contributed by atoms with Gasteiger partial charge in [-0.1, -0.05) is 19.9 Å². The summed E-state index contributed by atoms with van der Waals surface area (Å²) in [6.45, 7) is 4.17. The molecule has 0 aliphatic carbocycles. The Morgan fingerprint density at radius 3 is 2.47 bits per heavy atom. The van der Waals surface area contributed by atoms with Gasteiger partial charge in [0, 0.05) is 0 Å². The van der Waals surface area contributed by atoms with Crippen LogP contribution < -0.4 is 0 Å². The Balaban J connectivity index is 2.04. The van der Waals surface area contributed by atoms with Crippen molar-refractivity contribution in [3.05, 3.63) is 35.4 Å². The molecule has 1 heterocycles. The number of rotatable bonds is 5. The Kier molecular flexibility index (Phi) is 3.77. The summed E-state index contributed by atoms with van der Waals surface area (Å²) in [6.07, 6.45) is 3.52. The maximum Gasteiger partial charge on any atom is 0.159 e. The highest BCUT2D eigenvalue weighted by Gasteiger charge is 2.38. The van der Waals surface area contributed by atoms with Gasteiger partial charge in [-0.2, -0.15) is 0 Å². The summed E-state index contributed by atoms with van der Waals surface area (Å²) in [7, 11) is 0. The zero-order valence-corrected chi connectivity index (χ0v) is 10.2. The van der Waals surface area contributed by atoms with E-state index in [1.54, 1.807) is 6.07 Å². The van der Waals surface area contributed by atoms with Crippen LogP contribution in [0.15, 0.2) is 18.2 Å². The highest BCUT2D eigenvalue weighted by Crippen LogP contribution is 2.36. The van der Waals surface area contributed by atoms with Crippen LogP contribution >= 0.6 is 0 Å². The third kappa shape index (κ3) is 2.83. The molecule has 1 aliphatic rings. The Hall–Kier alpha value is -0.960. The van der Waals surface area contributed by atoms with Crippen LogP contribution in [0.25, 0.3) is 0 Å². The van der Waals surface area contributed by atoms with Crippen molar-refractivity contribution in [3.8, 4) is 0 Å². The van der Waals surface area contributed by atoms with Crippen molar-refractivity contribution < 1.29 is 13.5 Å². The normalized spacial score (nSPS) is 24.7. The fraction of sp³-hybridized carbons (Fsp3) is 0.571. The molecule has 0 aromatic heterocycles. The van der Waals surface area contributed by atoms with Gasteiger partial charge in [0.25, 0.3) is 0 Å². The maximum atomic E-state index is 13.2. The topological polar surface area (TPSA) is 12.5 Å². The van der Waals surface area contributed by atoms with Crippen LogP contribution in [0.4, 0.5) is 8.78 Å². The van der Waals surface area contributed by atoms with Gasteiger partial charge >= 0.3 is 0 Å². The fourth-order valence-corrected chi connectivity index (χ4v) is 2.33. The molecular weight excluding hydrogens is 222 g/mol. The van der Waals surface area contributed by atoms with Crippen molar-refractivity contribution >= 4 is 0 Å². The smallest absolute Gasteiger partial charge is 0.159 e. The number of hydrogen-bond donors (Lipinski definition) is 0. The van der Waals surface area contributed by atoms with E-state index in [9.17, 15) is 8.78 Å². The van der Waals surface area contributed by atoms with Gasteiger partial charge in [-0.05, 0) is 42.9 Å². The van der Waals surface area contributed by atoms with E-state index in [0.717, 1.165) is 24.8 Å². The molecule has 2 rings (SSSR count). The predicted molar refractivity (Wildman–Crippen MR) is 63.0 cm³/mol. The van der Waals surface area contributed by atoms with Crippen LogP contribution in [0.3, 0.4) is 0 Å². The third-order valence-electron chi connectivity index (χ3n) is 3.51. The summed E-state index contributed by atoms with van der Waals surface area (Å²) in [5.41, 5.74) is 0.872. The van der Waals surface area contributed by atoms with Gasteiger partial charge in [0.2, 0.25) is 0 Å². The Morgan fingerprint density at radius 2 is 1.94 bits per heavy atom. The SMILES string of the molecule is CCC(CC1OC1CC)c1ccc(F)c(F)c1. The van der Waals surface area contributed by atoms with Crippen molar-refractivity contribution in [2.45, 2.75) is 51.2 Å². The number of epoxide rings is 1. The maximum absolute atomic E-state index is 13.2. The average molecular weight is 240 g/mol. The Labute approximate surface area is 101 Å². The van der Waals surface area contributed by atoms with Crippen LogP contribution in [0, 0.1) is 11.6 Å². The summed E-state index contributed by atoms with van der Waals surface area (Å²) in [4.78, 5) is 0. The molecule has 1 saturated heterocycles. The molecule has 0 bridgehead atoms. The molecule has 1 aromatic carbocycles. The van der Waals surface area contributed by atoms with E-state index in [4.69, 9.17) is 4.74 Å². The van der Waals surface area contributed by atoms with E-state index in [0.29, 0.717) is 12.2 Å². The van der Waals surface area contributed by atoms with Gasteiger partial charge in [0.05, 0.1) is 12.2 Å². The van der Waals surface area contributed by atoms with E-state index in [1.165, 1.54) is 12.1 Å². The lowest BCUT2D eigenvalue weighted by Crippen LogP contribution is -2.04. The van der Waals surface area contributed by atoms with Crippen LogP contribution in [0.1, 0.15) is 44.6 Å². The summed E-state index contributed by atoms with van der Waals surface area (Å²) in [5.74, 6) is -1.28. The first-order valence-corrected chi connectivity index (χ1v) is 6.26. The Morgan fingerprint density at radius 1 is 1.18 bits per heavy atom. The van der Waals surface area contributed by atoms with Crippen molar-refractivity contribution in [2.24, 2.45) is 0 Å². The molecule has 94 valence electrons. The first-order chi connectivity index (χ1) is 8.15. The molecule has 0 saturated carbocycles. The molecule has 3 heteroatoms. The molecular formula is C14H18F2O. The van der Waals surface area contributed by atoms with Gasteiger partial charge in [0.1, 0.15) is 0 Å². The van der Waals surface area contributed by atoms with Crippen molar-refractivity contribution in [1.29, 1.82) is 0 Å². The molecule has 3 unspecified atom stereocenters. The van der Waals surface area contributed by atoms with Gasteiger partial charge in [-0.25, -0.2) is 8.78 Å². The molecule has 1 aliphatic heterocycles. The second-order valence-corrected chi connectivity index (χ2v) is 4.64. The monoisotopic (exact) mass is 240 g/mol. The largest absolute Gasteiger partial charge is 0.370 e. The van der Waals surface area contributed by atoms with E-state index in [2.05, 4.69) is 13.8 Å². The zero-order valence-electron chi connectivity index (χ0n) is 10.2. The Bertz CT molecular complexity index is 392. The molecule has 0 N–H and O–H groups in total. The van der Waals surface area contributed by atoms with E-state index in [-0.39, 0.29) is 5.92 Å². The predicted octanol–water partition coefficient (Wildman–Crippen LogP) is 4.03. The fourth-order valence-electron chi connectivity index (χ4n) is 2.33. The summed E-state index contributed by atoms with van der Waals surface area (Å²) >= 11 is 0. The first-order valence-electron chi connectivity index (χ1n) is 6.26. The highest BCUT2D eigenvalue weighted by atomic mass is 19.2. The molecule has 0 amide bonds.